The molecule has 102 valence electrons. The normalized spacial score (nSPS) is 15.6. The van der Waals surface area contributed by atoms with Crippen LogP contribution in [0.1, 0.15) is 0 Å². The fraction of sp³-hybridized carbons (Fsp3) is 0.250. The van der Waals surface area contributed by atoms with Gasteiger partial charge in [-0.2, -0.15) is 0 Å². The number of phenols is 1. The van der Waals surface area contributed by atoms with Gasteiger partial charge in [-0.25, -0.2) is 0 Å². The Morgan fingerprint density at radius 2 is 1.29 bits per heavy atom. The molecule has 1 aromatic carbocycles. The molecule has 0 fully saturated rings. The van der Waals surface area contributed by atoms with Gasteiger partial charge in [0.15, 0.2) is 10.6 Å². The van der Waals surface area contributed by atoms with Gasteiger partial charge in [0, 0.05) is 10.9 Å². The van der Waals surface area contributed by atoms with E-state index in [9.17, 15) is 25.9 Å². The molecule has 9 heteroatoms. The first-order chi connectivity index (χ1) is 7.16. The zero-order valence-electron chi connectivity index (χ0n) is 8.88. The van der Waals surface area contributed by atoms with Crippen LogP contribution in [-0.4, -0.2) is 31.8 Å². The van der Waals surface area contributed by atoms with Crippen LogP contribution in [0.3, 0.4) is 0 Å². The third-order valence-corrected chi connectivity index (χ3v) is 2.53. The fourth-order valence-corrected chi connectivity index (χ4v) is 1.64. The zero-order chi connectivity index (χ0) is 14.0. The van der Waals surface area contributed by atoms with Crippen LogP contribution in [0.15, 0.2) is 29.2 Å². The maximum absolute atomic E-state index is 11.1. The van der Waals surface area contributed by atoms with E-state index in [-0.39, 0.29) is 10.9 Å². The molecule has 0 aliphatic heterocycles. The first-order valence-corrected chi connectivity index (χ1v) is 10.4. The van der Waals surface area contributed by atoms with Crippen LogP contribution in [-0.2, 0) is 10.9 Å². The van der Waals surface area contributed by atoms with Crippen molar-refractivity contribution in [3.63, 3.8) is 0 Å². The molecule has 0 spiro atoms. The number of hydrogen-bond donors (Lipinski definition) is 1. The quantitative estimate of drug-likeness (QED) is 0.467. The minimum absolute atomic E-state index is 0.159. The molecule has 1 N–H and O–H groups in total. The second-order valence-corrected chi connectivity index (χ2v) is 9.34. The van der Waals surface area contributed by atoms with Crippen LogP contribution >= 0.6 is 0 Å². The van der Waals surface area contributed by atoms with E-state index in [4.69, 9.17) is 0 Å². The SMILES string of the molecule is C[S+](C)c1ccccc1O.F[As-](F)(F)(F)(F)F. The van der Waals surface area contributed by atoms with Crippen molar-refractivity contribution >= 4 is 25.1 Å². The summed E-state index contributed by atoms with van der Waals surface area (Å²) in [6.45, 7) is 0. The van der Waals surface area contributed by atoms with E-state index in [0.717, 1.165) is 4.90 Å². The van der Waals surface area contributed by atoms with Crippen molar-refractivity contribution < 1.29 is 25.9 Å². The van der Waals surface area contributed by atoms with Crippen LogP contribution in [0.25, 0.3) is 0 Å². The summed E-state index contributed by atoms with van der Waals surface area (Å²) in [6.07, 6.45) is 4.18. The number of phenolic OH excluding ortho intramolecular Hbond substituents is 1. The molecule has 17 heavy (non-hydrogen) atoms. The Balaban J connectivity index is 0.000000325. The summed E-state index contributed by atoms with van der Waals surface area (Å²) < 4.78 is 59.4. The number of aromatic hydroxyl groups is 1. The summed E-state index contributed by atoms with van der Waals surface area (Å²) in [7, 11) is 0.159. The van der Waals surface area contributed by atoms with E-state index in [2.05, 4.69) is 12.5 Å². The number of halogens is 6. The molecule has 0 unspecified atom stereocenters. The van der Waals surface area contributed by atoms with Gasteiger partial charge in [0.05, 0.1) is 0 Å². The monoisotopic (exact) mass is 344 g/mol. The molecule has 0 amide bonds. The summed E-state index contributed by atoms with van der Waals surface area (Å²) >= 11 is -11.1. The average molecular weight is 344 g/mol. The van der Waals surface area contributed by atoms with Crippen LogP contribution in [0, 0.1) is 0 Å². The molecule has 0 saturated heterocycles. The molecule has 1 aromatic rings. The van der Waals surface area contributed by atoms with Gasteiger partial charge in [-0.1, -0.05) is 12.1 Å². The van der Waals surface area contributed by atoms with Crippen LogP contribution in [0.4, 0.5) is 20.8 Å². The summed E-state index contributed by atoms with van der Waals surface area (Å²) in [5, 5.41) is 9.29. The van der Waals surface area contributed by atoms with E-state index in [0.29, 0.717) is 5.75 Å². The molecule has 1 nitrogen and oxygen atoms in total. The topological polar surface area (TPSA) is 20.2 Å². The van der Waals surface area contributed by atoms with Crippen molar-refractivity contribution in [2.45, 2.75) is 4.90 Å². The van der Waals surface area contributed by atoms with Gasteiger partial charge in [-0.05, 0) is 12.1 Å². The molecule has 0 aliphatic rings. The second-order valence-electron chi connectivity index (χ2n) is 3.24. The van der Waals surface area contributed by atoms with E-state index in [1.807, 2.05) is 18.2 Å². The Morgan fingerprint density at radius 3 is 1.53 bits per heavy atom. The van der Waals surface area contributed by atoms with Gasteiger partial charge < -0.3 is 5.11 Å². The third-order valence-electron chi connectivity index (χ3n) is 1.31. The van der Waals surface area contributed by atoms with E-state index < -0.39 is 14.2 Å². The molecule has 0 radical (unpaired) electrons. The Labute approximate surface area is 98.6 Å². The van der Waals surface area contributed by atoms with Gasteiger partial charge in [0.25, 0.3) is 0 Å². The molecule has 0 aromatic heterocycles. The molecule has 0 heterocycles. The van der Waals surface area contributed by atoms with E-state index >= 15 is 0 Å². The molecular weight excluding hydrogens is 333 g/mol. The van der Waals surface area contributed by atoms with Gasteiger partial charge in [-0.15, -0.1) is 0 Å². The van der Waals surface area contributed by atoms with Crippen LogP contribution < -0.4 is 0 Å². The van der Waals surface area contributed by atoms with Crippen molar-refractivity contribution in [3.05, 3.63) is 24.3 Å². The average Bonchev–Trinajstić information content (AvgIpc) is 1.98. The maximum atomic E-state index is 9.91. The van der Waals surface area contributed by atoms with Crippen molar-refractivity contribution in [2.75, 3.05) is 12.5 Å². The predicted molar refractivity (Wildman–Crippen MR) is 58.0 cm³/mol. The molecular formula is C8H11AsF6OS. The van der Waals surface area contributed by atoms with Crippen molar-refractivity contribution in [1.82, 2.24) is 0 Å². The molecule has 0 bridgehead atoms. The Morgan fingerprint density at radius 1 is 0.941 bits per heavy atom. The zero-order valence-corrected chi connectivity index (χ0v) is 11.6. The van der Waals surface area contributed by atoms with E-state index in [1.165, 1.54) is 0 Å². The first kappa shape index (κ1) is 16.5. The summed E-state index contributed by atoms with van der Waals surface area (Å²) in [5.41, 5.74) is 0. The third kappa shape index (κ3) is 13.4. The van der Waals surface area contributed by atoms with Gasteiger partial charge >= 0.3 is 35.0 Å². The number of benzene rings is 1. The first-order valence-electron chi connectivity index (χ1n) is 4.09. The van der Waals surface area contributed by atoms with Gasteiger partial charge in [-0.3, -0.25) is 0 Å². The molecule has 0 aliphatic carbocycles. The summed E-state index contributed by atoms with van der Waals surface area (Å²) in [6, 6.07) is 7.47. The van der Waals surface area contributed by atoms with Crippen molar-refractivity contribution in [3.8, 4) is 5.75 Å². The second kappa shape index (κ2) is 4.31. The van der Waals surface area contributed by atoms with Gasteiger partial charge in [0.1, 0.15) is 12.5 Å². The van der Waals surface area contributed by atoms with Crippen LogP contribution in [0.2, 0.25) is 0 Å². The fourth-order valence-electron chi connectivity index (χ4n) is 0.802. The predicted octanol–water partition coefficient (Wildman–Crippen LogP) is 3.77. The molecule has 0 saturated carbocycles. The summed E-state index contributed by atoms with van der Waals surface area (Å²) in [5.74, 6) is 0.413. The van der Waals surface area contributed by atoms with E-state index in [1.54, 1.807) is 6.07 Å². The Kier molecular flexibility index (Phi) is 4.19. The minimum atomic E-state index is -11.1. The summed E-state index contributed by atoms with van der Waals surface area (Å²) in [4.78, 5) is 1.04. The van der Waals surface area contributed by atoms with Gasteiger partial charge in [0.2, 0.25) is 0 Å². The van der Waals surface area contributed by atoms with Crippen molar-refractivity contribution in [1.29, 1.82) is 0 Å². The number of rotatable bonds is 1. The Hall–Kier alpha value is -0.492. The number of hydrogen-bond acceptors (Lipinski definition) is 1. The molecule has 0 atom stereocenters. The number of para-hydroxylation sites is 1. The molecule has 1 rings (SSSR count). The Bertz CT molecular complexity index is 376. The van der Waals surface area contributed by atoms with Crippen LogP contribution in [0.5, 0.6) is 5.75 Å². The standard InChI is InChI=1S/C8H10OS.AsF6/c1-10(2)8-6-4-3-5-7(8)9;2-1(3,4,5,6)7/h3-6H,1-2H3;/q;-1/p+1. The van der Waals surface area contributed by atoms with Crippen molar-refractivity contribution in [2.24, 2.45) is 0 Å².